The molecule has 3 rings (SSSR count). The van der Waals surface area contributed by atoms with E-state index in [-0.39, 0.29) is 18.2 Å². The number of amidine groups is 1. The number of carbonyl (C=O) groups is 3. The van der Waals surface area contributed by atoms with Crippen LogP contribution >= 0.6 is 11.8 Å². The van der Waals surface area contributed by atoms with Gasteiger partial charge in [-0.05, 0) is 68.3 Å². The van der Waals surface area contributed by atoms with E-state index < -0.39 is 11.2 Å². The van der Waals surface area contributed by atoms with Crippen molar-refractivity contribution in [3.05, 3.63) is 59.2 Å². The molecule has 1 atom stereocenters. The zero-order valence-electron chi connectivity index (χ0n) is 18.0. The normalized spacial score (nSPS) is 17.2. The largest absolute Gasteiger partial charge is 0.462 e. The fraction of sp³-hybridized carbons (Fsp3) is 0.304. The number of thioether (sulfide) groups is 1. The van der Waals surface area contributed by atoms with Gasteiger partial charge in [0, 0.05) is 19.2 Å². The summed E-state index contributed by atoms with van der Waals surface area (Å²) in [5, 5.41) is 2.81. The van der Waals surface area contributed by atoms with Crippen LogP contribution in [0.4, 0.5) is 11.4 Å². The summed E-state index contributed by atoms with van der Waals surface area (Å²) in [6.45, 7) is 6.09. The number of ether oxygens (including phenoxy) is 1. The van der Waals surface area contributed by atoms with Gasteiger partial charge in [0.25, 0.3) is 0 Å². The Bertz CT molecular complexity index is 1030. The summed E-state index contributed by atoms with van der Waals surface area (Å²) in [7, 11) is 1.67. The number of rotatable bonds is 6. The van der Waals surface area contributed by atoms with Crippen LogP contribution in [0, 0.1) is 13.8 Å². The smallest absolute Gasteiger partial charge is 0.338 e. The van der Waals surface area contributed by atoms with Crippen molar-refractivity contribution in [3.8, 4) is 0 Å². The minimum absolute atomic E-state index is 0.0272. The van der Waals surface area contributed by atoms with Gasteiger partial charge < -0.3 is 10.1 Å². The van der Waals surface area contributed by atoms with Gasteiger partial charge in [0.2, 0.25) is 11.8 Å². The molecule has 0 aliphatic carbocycles. The Hall–Kier alpha value is -3.13. The molecule has 1 N–H and O–H groups in total. The second kappa shape index (κ2) is 9.78. The van der Waals surface area contributed by atoms with Gasteiger partial charge in [0.15, 0.2) is 5.17 Å². The third-order valence-corrected chi connectivity index (χ3v) is 6.14. The minimum Gasteiger partial charge on any atom is -0.462 e. The number of nitrogens with one attached hydrogen (secondary N) is 1. The summed E-state index contributed by atoms with van der Waals surface area (Å²) >= 11 is 1.29. The van der Waals surface area contributed by atoms with Crippen LogP contribution in [0.15, 0.2) is 47.5 Å². The highest BCUT2D eigenvalue weighted by Gasteiger charge is 2.37. The van der Waals surface area contributed by atoms with E-state index in [0.29, 0.717) is 23.0 Å². The van der Waals surface area contributed by atoms with E-state index >= 15 is 0 Å². The fourth-order valence-electron chi connectivity index (χ4n) is 2.99. The van der Waals surface area contributed by atoms with Crippen LogP contribution in [0.25, 0.3) is 0 Å². The second-order valence-electron chi connectivity index (χ2n) is 7.22. The number of anilines is 1. The third kappa shape index (κ3) is 5.52. The van der Waals surface area contributed by atoms with Crippen LogP contribution in [-0.4, -0.2) is 46.8 Å². The molecule has 1 heterocycles. The molecule has 1 saturated heterocycles. The molecule has 0 radical (unpaired) electrons. The van der Waals surface area contributed by atoms with Gasteiger partial charge in [-0.1, -0.05) is 17.8 Å². The Morgan fingerprint density at radius 3 is 2.48 bits per heavy atom. The van der Waals surface area contributed by atoms with Gasteiger partial charge in [0.1, 0.15) is 5.25 Å². The van der Waals surface area contributed by atoms with Crippen molar-refractivity contribution in [2.24, 2.45) is 4.99 Å². The topological polar surface area (TPSA) is 88.1 Å². The summed E-state index contributed by atoms with van der Waals surface area (Å²) in [4.78, 5) is 42.8. The highest BCUT2D eigenvalue weighted by Crippen LogP contribution is 2.31. The van der Waals surface area contributed by atoms with Crippen LogP contribution in [-0.2, 0) is 14.3 Å². The lowest BCUT2D eigenvalue weighted by Gasteiger charge is -2.10. The lowest BCUT2D eigenvalue weighted by atomic mass is 10.1. The number of amides is 2. The summed E-state index contributed by atoms with van der Waals surface area (Å²) in [5.74, 6) is -0.845. The molecule has 0 bridgehead atoms. The molecule has 2 aromatic carbocycles. The average Bonchev–Trinajstić information content (AvgIpc) is 2.99. The van der Waals surface area contributed by atoms with Crippen LogP contribution in [0.2, 0.25) is 0 Å². The molecule has 8 heteroatoms. The fourth-order valence-corrected chi connectivity index (χ4v) is 4.14. The van der Waals surface area contributed by atoms with Gasteiger partial charge >= 0.3 is 5.97 Å². The first-order chi connectivity index (χ1) is 14.8. The first-order valence-corrected chi connectivity index (χ1v) is 10.8. The molecule has 1 unspecified atom stereocenters. The van der Waals surface area contributed by atoms with E-state index in [9.17, 15) is 14.4 Å². The predicted octanol–water partition coefficient (Wildman–Crippen LogP) is 4.07. The van der Waals surface area contributed by atoms with Crippen LogP contribution in [0.3, 0.4) is 0 Å². The summed E-state index contributed by atoms with van der Waals surface area (Å²) in [6.07, 6.45) is 0.0272. The maximum absolute atomic E-state index is 12.6. The molecule has 0 aromatic heterocycles. The van der Waals surface area contributed by atoms with Gasteiger partial charge in [-0.3, -0.25) is 14.5 Å². The molecule has 2 aromatic rings. The molecule has 1 aliphatic rings. The average molecular weight is 440 g/mol. The van der Waals surface area contributed by atoms with E-state index in [0.717, 1.165) is 11.3 Å². The summed E-state index contributed by atoms with van der Waals surface area (Å²) in [6, 6.07) is 12.3. The molecule has 0 spiro atoms. The van der Waals surface area contributed by atoms with E-state index in [4.69, 9.17) is 4.74 Å². The number of carbonyl (C=O) groups excluding carboxylic acids is 3. The van der Waals surface area contributed by atoms with Crippen molar-refractivity contribution in [2.75, 3.05) is 19.0 Å². The number of aliphatic imine (C=N–C) groups is 1. The first-order valence-electron chi connectivity index (χ1n) is 9.95. The Morgan fingerprint density at radius 2 is 1.84 bits per heavy atom. The van der Waals surface area contributed by atoms with Crippen LogP contribution in [0.5, 0.6) is 0 Å². The van der Waals surface area contributed by atoms with Gasteiger partial charge in [-0.2, -0.15) is 0 Å². The maximum Gasteiger partial charge on any atom is 0.338 e. The monoisotopic (exact) mass is 439 g/mol. The standard InChI is InChI=1S/C23H25N3O4S/c1-5-30-22(29)16-7-10-17(11-8-16)24-20(27)13-19-21(28)26(4)23(31-19)25-18-9-6-14(2)15(3)12-18/h6-12,19H,5,13H2,1-4H3,(H,24,27). The number of aryl methyl sites for hydroxylation is 2. The number of hydrogen-bond donors (Lipinski definition) is 1. The number of esters is 1. The highest BCUT2D eigenvalue weighted by atomic mass is 32.2. The summed E-state index contributed by atoms with van der Waals surface area (Å²) < 4.78 is 4.94. The molecule has 31 heavy (non-hydrogen) atoms. The highest BCUT2D eigenvalue weighted by molar-refractivity contribution is 8.15. The Balaban J connectivity index is 1.62. The number of hydrogen-bond acceptors (Lipinski definition) is 6. The summed E-state index contributed by atoms with van der Waals surface area (Å²) in [5.41, 5.74) is 4.04. The second-order valence-corrected chi connectivity index (χ2v) is 8.39. The van der Waals surface area contributed by atoms with E-state index in [1.165, 1.54) is 22.2 Å². The van der Waals surface area contributed by atoms with Gasteiger partial charge in [0.05, 0.1) is 17.9 Å². The maximum atomic E-state index is 12.6. The van der Waals surface area contributed by atoms with Crippen molar-refractivity contribution in [2.45, 2.75) is 32.4 Å². The third-order valence-electron chi connectivity index (χ3n) is 4.91. The van der Waals surface area contributed by atoms with E-state index in [1.807, 2.05) is 32.0 Å². The lowest BCUT2D eigenvalue weighted by molar-refractivity contribution is -0.127. The Labute approximate surface area is 185 Å². The van der Waals surface area contributed by atoms with Crippen LogP contribution in [0.1, 0.15) is 34.8 Å². The minimum atomic E-state index is -0.533. The zero-order chi connectivity index (χ0) is 22.5. The Morgan fingerprint density at radius 1 is 1.13 bits per heavy atom. The van der Waals surface area contributed by atoms with Gasteiger partial charge in [-0.25, -0.2) is 9.79 Å². The quantitative estimate of drug-likeness (QED) is 0.686. The SMILES string of the molecule is CCOC(=O)c1ccc(NC(=O)CC2SC(=Nc3ccc(C)c(C)c3)N(C)C2=O)cc1. The van der Waals surface area contributed by atoms with Crippen molar-refractivity contribution in [1.82, 2.24) is 4.90 Å². The number of benzene rings is 2. The molecule has 7 nitrogen and oxygen atoms in total. The molecular formula is C23H25N3O4S. The lowest BCUT2D eigenvalue weighted by Crippen LogP contribution is -2.30. The molecule has 2 amide bonds. The van der Waals surface area contributed by atoms with Crippen molar-refractivity contribution < 1.29 is 19.1 Å². The molecular weight excluding hydrogens is 414 g/mol. The molecule has 1 fully saturated rings. The predicted molar refractivity (Wildman–Crippen MR) is 123 cm³/mol. The van der Waals surface area contributed by atoms with Crippen molar-refractivity contribution >= 4 is 46.1 Å². The van der Waals surface area contributed by atoms with E-state index in [1.54, 1.807) is 38.2 Å². The van der Waals surface area contributed by atoms with Crippen molar-refractivity contribution in [3.63, 3.8) is 0 Å². The zero-order valence-corrected chi connectivity index (χ0v) is 18.8. The van der Waals surface area contributed by atoms with Crippen LogP contribution < -0.4 is 5.32 Å². The Kier molecular flexibility index (Phi) is 7.12. The van der Waals surface area contributed by atoms with E-state index in [2.05, 4.69) is 10.3 Å². The van der Waals surface area contributed by atoms with Crippen molar-refractivity contribution in [1.29, 1.82) is 0 Å². The first kappa shape index (κ1) is 22.6. The van der Waals surface area contributed by atoms with Gasteiger partial charge in [-0.15, -0.1) is 0 Å². The molecule has 1 aliphatic heterocycles. The molecule has 0 saturated carbocycles. The number of nitrogens with zero attached hydrogens (tertiary/aromatic N) is 2. The molecule has 162 valence electrons.